The molecule has 1 unspecified atom stereocenters. The topological polar surface area (TPSA) is 75.2 Å². The molecular weight excluding hydrogens is 268 g/mol. The van der Waals surface area contributed by atoms with Gasteiger partial charge in [0.05, 0.1) is 18.1 Å². The van der Waals surface area contributed by atoms with Crippen molar-refractivity contribution in [2.75, 3.05) is 6.61 Å². The quantitative estimate of drug-likeness (QED) is 0.906. The van der Waals surface area contributed by atoms with Gasteiger partial charge in [0.15, 0.2) is 0 Å². The maximum Gasteiger partial charge on any atom is 0.257 e. The second kappa shape index (κ2) is 5.60. The molecule has 1 aliphatic heterocycles. The minimum Gasteiger partial charge on any atom is -0.493 e. The van der Waals surface area contributed by atoms with Crippen LogP contribution in [0.1, 0.15) is 36.2 Å². The third-order valence-corrected chi connectivity index (χ3v) is 3.78. The SMILES string of the molecule is CCCc1c(O)nc(C2COc3ccccc3C2)[nH]c1=O. The normalized spacial score (nSPS) is 17.1. The van der Waals surface area contributed by atoms with E-state index in [2.05, 4.69) is 9.97 Å². The molecule has 1 aliphatic rings. The summed E-state index contributed by atoms with van der Waals surface area (Å²) in [6.07, 6.45) is 2.06. The second-order valence-corrected chi connectivity index (χ2v) is 5.32. The van der Waals surface area contributed by atoms with Crippen LogP contribution in [0.2, 0.25) is 0 Å². The van der Waals surface area contributed by atoms with E-state index in [9.17, 15) is 9.90 Å². The number of hydrogen-bond acceptors (Lipinski definition) is 4. The van der Waals surface area contributed by atoms with Gasteiger partial charge in [-0.2, -0.15) is 4.98 Å². The number of H-pyrrole nitrogens is 1. The van der Waals surface area contributed by atoms with E-state index in [0.29, 0.717) is 24.4 Å². The third kappa shape index (κ3) is 2.63. The van der Waals surface area contributed by atoms with Crippen molar-refractivity contribution in [3.8, 4) is 11.6 Å². The molecule has 0 spiro atoms. The highest BCUT2D eigenvalue weighted by molar-refractivity contribution is 5.36. The van der Waals surface area contributed by atoms with E-state index >= 15 is 0 Å². The summed E-state index contributed by atoms with van der Waals surface area (Å²) in [5.41, 5.74) is 1.20. The fourth-order valence-corrected chi connectivity index (χ4v) is 2.68. The van der Waals surface area contributed by atoms with E-state index < -0.39 is 0 Å². The number of aromatic amines is 1. The Kier molecular flexibility index (Phi) is 3.64. The fourth-order valence-electron chi connectivity index (χ4n) is 2.68. The van der Waals surface area contributed by atoms with Gasteiger partial charge in [-0.05, 0) is 24.5 Å². The summed E-state index contributed by atoms with van der Waals surface area (Å²) in [4.78, 5) is 19.0. The molecular formula is C16H18N2O3. The number of aromatic hydroxyl groups is 1. The molecule has 0 radical (unpaired) electrons. The van der Waals surface area contributed by atoms with Crippen molar-refractivity contribution in [1.82, 2.24) is 9.97 Å². The molecule has 1 atom stereocenters. The first-order valence-electron chi connectivity index (χ1n) is 7.21. The van der Waals surface area contributed by atoms with Gasteiger partial charge in [0.1, 0.15) is 11.6 Å². The smallest absolute Gasteiger partial charge is 0.257 e. The first-order valence-corrected chi connectivity index (χ1v) is 7.21. The van der Waals surface area contributed by atoms with Crippen molar-refractivity contribution in [2.45, 2.75) is 32.1 Å². The molecule has 2 aromatic rings. The van der Waals surface area contributed by atoms with Crippen LogP contribution in [0.4, 0.5) is 0 Å². The van der Waals surface area contributed by atoms with Crippen LogP contribution in [0.5, 0.6) is 11.6 Å². The summed E-state index contributed by atoms with van der Waals surface area (Å²) in [5.74, 6) is 1.17. The van der Waals surface area contributed by atoms with Crippen LogP contribution in [0.3, 0.4) is 0 Å². The average Bonchev–Trinajstić information content (AvgIpc) is 2.50. The Morgan fingerprint density at radius 1 is 1.43 bits per heavy atom. The summed E-state index contributed by atoms with van der Waals surface area (Å²) in [6.45, 7) is 2.41. The van der Waals surface area contributed by atoms with Gasteiger partial charge in [-0.25, -0.2) is 0 Å². The lowest BCUT2D eigenvalue weighted by Gasteiger charge is -2.24. The van der Waals surface area contributed by atoms with E-state index in [1.807, 2.05) is 31.2 Å². The predicted molar refractivity (Wildman–Crippen MR) is 78.9 cm³/mol. The number of benzene rings is 1. The van der Waals surface area contributed by atoms with Gasteiger partial charge < -0.3 is 14.8 Å². The number of ether oxygens (including phenoxy) is 1. The molecule has 5 heteroatoms. The highest BCUT2D eigenvalue weighted by Gasteiger charge is 2.24. The van der Waals surface area contributed by atoms with Crippen LogP contribution >= 0.6 is 0 Å². The Balaban J connectivity index is 1.91. The summed E-state index contributed by atoms with van der Waals surface area (Å²) in [6, 6.07) is 7.83. The predicted octanol–water partition coefficient (Wildman–Crippen LogP) is 2.15. The van der Waals surface area contributed by atoms with Gasteiger partial charge in [-0.3, -0.25) is 4.79 Å². The van der Waals surface area contributed by atoms with Crippen LogP contribution in [0.15, 0.2) is 29.1 Å². The largest absolute Gasteiger partial charge is 0.493 e. The van der Waals surface area contributed by atoms with Gasteiger partial charge >= 0.3 is 0 Å². The molecule has 3 rings (SSSR count). The van der Waals surface area contributed by atoms with Crippen LogP contribution in [0.25, 0.3) is 0 Å². The first kappa shape index (κ1) is 13.7. The standard InChI is InChI=1S/C16H18N2O3/c1-2-5-12-15(19)17-14(18-16(12)20)11-8-10-6-3-4-7-13(10)21-9-11/h3-4,6-7,11H,2,5,8-9H2,1H3,(H2,17,18,19,20). The van der Waals surface area contributed by atoms with Crippen molar-refractivity contribution in [3.05, 3.63) is 51.6 Å². The maximum atomic E-state index is 12.0. The summed E-state index contributed by atoms with van der Waals surface area (Å²) in [7, 11) is 0. The van der Waals surface area contributed by atoms with Crippen LogP contribution in [-0.4, -0.2) is 21.7 Å². The molecule has 2 heterocycles. The highest BCUT2D eigenvalue weighted by Crippen LogP contribution is 2.31. The Morgan fingerprint density at radius 3 is 3.00 bits per heavy atom. The van der Waals surface area contributed by atoms with E-state index in [-0.39, 0.29) is 17.4 Å². The first-order chi connectivity index (χ1) is 10.2. The number of para-hydroxylation sites is 1. The Labute approximate surface area is 122 Å². The van der Waals surface area contributed by atoms with Crippen molar-refractivity contribution in [1.29, 1.82) is 0 Å². The molecule has 1 aromatic carbocycles. The number of aromatic nitrogens is 2. The molecule has 0 saturated heterocycles. The van der Waals surface area contributed by atoms with Gasteiger partial charge in [0, 0.05) is 0 Å². The Bertz CT molecular complexity index is 709. The Morgan fingerprint density at radius 2 is 2.24 bits per heavy atom. The number of rotatable bonds is 3. The van der Waals surface area contributed by atoms with Gasteiger partial charge in [-0.15, -0.1) is 0 Å². The number of hydrogen-bond donors (Lipinski definition) is 2. The average molecular weight is 286 g/mol. The molecule has 1 aromatic heterocycles. The van der Waals surface area contributed by atoms with Gasteiger partial charge in [0.2, 0.25) is 5.88 Å². The van der Waals surface area contributed by atoms with Gasteiger partial charge in [0.25, 0.3) is 5.56 Å². The fraction of sp³-hybridized carbons (Fsp3) is 0.375. The van der Waals surface area contributed by atoms with E-state index in [0.717, 1.165) is 24.2 Å². The minimum atomic E-state index is -0.252. The maximum absolute atomic E-state index is 12.0. The van der Waals surface area contributed by atoms with Gasteiger partial charge in [-0.1, -0.05) is 31.5 Å². The van der Waals surface area contributed by atoms with Crippen LogP contribution in [-0.2, 0) is 12.8 Å². The lowest BCUT2D eigenvalue weighted by Crippen LogP contribution is -2.25. The lowest BCUT2D eigenvalue weighted by molar-refractivity contribution is 0.256. The number of nitrogens with zero attached hydrogens (tertiary/aromatic N) is 1. The monoisotopic (exact) mass is 286 g/mol. The molecule has 21 heavy (non-hydrogen) atoms. The number of nitrogens with one attached hydrogen (secondary N) is 1. The molecule has 0 amide bonds. The molecule has 0 aliphatic carbocycles. The van der Waals surface area contributed by atoms with E-state index in [4.69, 9.17) is 4.74 Å². The molecule has 2 N–H and O–H groups in total. The third-order valence-electron chi connectivity index (χ3n) is 3.78. The molecule has 0 bridgehead atoms. The zero-order chi connectivity index (χ0) is 14.8. The highest BCUT2D eigenvalue weighted by atomic mass is 16.5. The van der Waals surface area contributed by atoms with Crippen LogP contribution in [0, 0.1) is 0 Å². The van der Waals surface area contributed by atoms with Crippen molar-refractivity contribution < 1.29 is 9.84 Å². The molecule has 0 saturated carbocycles. The van der Waals surface area contributed by atoms with Crippen molar-refractivity contribution >= 4 is 0 Å². The zero-order valence-electron chi connectivity index (χ0n) is 11.9. The molecule has 0 fully saturated rings. The Hall–Kier alpha value is -2.30. The lowest BCUT2D eigenvalue weighted by atomic mass is 9.96. The zero-order valence-corrected chi connectivity index (χ0v) is 11.9. The molecule has 5 nitrogen and oxygen atoms in total. The van der Waals surface area contributed by atoms with Crippen molar-refractivity contribution in [3.63, 3.8) is 0 Å². The van der Waals surface area contributed by atoms with E-state index in [1.54, 1.807) is 0 Å². The minimum absolute atomic E-state index is 0.0471. The second-order valence-electron chi connectivity index (χ2n) is 5.32. The summed E-state index contributed by atoms with van der Waals surface area (Å²) in [5, 5.41) is 9.96. The summed E-state index contributed by atoms with van der Waals surface area (Å²) >= 11 is 0. The van der Waals surface area contributed by atoms with Crippen molar-refractivity contribution in [2.24, 2.45) is 0 Å². The molecule has 110 valence electrons. The van der Waals surface area contributed by atoms with E-state index in [1.165, 1.54) is 0 Å². The van der Waals surface area contributed by atoms with Crippen LogP contribution < -0.4 is 10.3 Å². The number of fused-ring (bicyclic) bond motifs is 1. The summed E-state index contributed by atoms with van der Waals surface area (Å²) < 4.78 is 5.70.